The van der Waals surface area contributed by atoms with E-state index >= 15 is 0 Å². The molecule has 1 aliphatic rings. The minimum atomic E-state index is 0.176. The number of ether oxygens (including phenoxy) is 1. The highest BCUT2D eigenvalue weighted by Crippen LogP contribution is 2.35. The fraction of sp³-hybridized carbons (Fsp3) is 1.00. The van der Waals surface area contributed by atoms with Gasteiger partial charge in [-0.1, -0.05) is 6.92 Å². The van der Waals surface area contributed by atoms with Crippen LogP contribution >= 0.6 is 0 Å². The van der Waals surface area contributed by atoms with Crippen molar-refractivity contribution < 1.29 is 9.84 Å². The molecule has 2 heteroatoms. The minimum absolute atomic E-state index is 0.176. The number of aliphatic hydroxyl groups excluding tert-OH is 1. The van der Waals surface area contributed by atoms with E-state index in [1.54, 1.807) is 7.11 Å². The average Bonchev–Trinajstić information content (AvgIpc) is 2.06. The molecule has 0 atom stereocenters. The second-order valence-corrected chi connectivity index (χ2v) is 3.90. The van der Waals surface area contributed by atoms with Crippen LogP contribution in [0.3, 0.4) is 0 Å². The third kappa shape index (κ3) is 2.17. The highest BCUT2D eigenvalue weighted by Gasteiger charge is 2.30. The normalized spacial score (nSPS) is 39.0. The minimum Gasteiger partial charge on any atom is -0.396 e. The van der Waals surface area contributed by atoms with Crippen LogP contribution in [0.1, 0.15) is 32.6 Å². The van der Waals surface area contributed by atoms with Crippen molar-refractivity contribution in [3.8, 4) is 0 Å². The largest absolute Gasteiger partial charge is 0.396 e. The molecule has 1 N–H and O–H groups in total. The predicted molar refractivity (Wildman–Crippen MR) is 44.5 cm³/mol. The Morgan fingerprint density at radius 1 is 1.45 bits per heavy atom. The van der Waals surface area contributed by atoms with Crippen LogP contribution < -0.4 is 0 Å². The lowest BCUT2D eigenvalue weighted by Crippen LogP contribution is -2.30. The molecule has 0 bridgehead atoms. The summed E-state index contributed by atoms with van der Waals surface area (Å²) < 4.78 is 5.25. The van der Waals surface area contributed by atoms with Gasteiger partial charge >= 0.3 is 0 Å². The third-order valence-electron chi connectivity index (χ3n) is 2.85. The maximum atomic E-state index is 9.07. The van der Waals surface area contributed by atoms with Gasteiger partial charge in [-0.15, -0.1) is 0 Å². The molecular formula is C9H18O2. The summed E-state index contributed by atoms with van der Waals surface area (Å²) in [7, 11) is 1.77. The molecule has 1 fully saturated rings. The Balaban J connectivity index is 2.35. The van der Waals surface area contributed by atoms with Crippen LogP contribution in [-0.4, -0.2) is 24.9 Å². The molecule has 11 heavy (non-hydrogen) atoms. The second-order valence-electron chi connectivity index (χ2n) is 3.90. The van der Waals surface area contributed by atoms with Crippen molar-refractivity contribution in [2.45, 2.75) is 38.7 Å². The van der Waals surface area contributed by atoms with Crippen molar-refractivity contribution in [1.29, 1.82) is 0 Å². The lowest BCUT2D eigenvalue weighted by Gasteiger charge is -2.35. The average molecular weight is 158 g/mol. The van der Waals surface area contributed by atoms with E-state index in [4.69, 9.17) is 9.84 Å². The summed E-state index contributed by atoms with van der Waals surface area (Å²) in [5, 5.41) is 9.07. The maximum absolute atomic E-state index is 9.07. The first-order chi connectivity index (χ1) is 5.20. The lowest BCUT2D eigenvalue weighted by molar-refractivity contribution is 0.0103. The molecule has 0 aromatic rings. The van der Waals surface area contributed by atoms with Gasteiger partial charge in [-0.2, -0.15) is 0 Å². The van der Waals surface area contributed by atoms with Crippen LogP contribution in [0, 0.1) is 5.41 Å². The molecule has 1 rings (SSSR count). The number of hydrogen-bond acceptors (Lipinski definition) is 2. The number of aliphatic hydroxyl groups is 1. The summed E-state index contributed by atoms with van der Waals surface area (Å²) in [6, 6.07) is 0. The highest BCUT2D eigenvalue weighted by atomic mass is 16.5. The molecule has 1 aliphatic carbocycles. The van der Waals surface area contributed by atoms with Crippen LogP contribution in [0.2, 0.25) is 0 Å². The van der Waals surface area contributed by atoms with E-state index in [0.29, 0.717) is 12.7 Å². The van der Waals surface area contributed by atoms with Gasteiger partial charge in [-0.25, -0.2) is 0 Å². The molecule has 0 unspecified atom stereocenters. The third-order valence-corrected chi connectivity index (χ3v) is 2.85. The van der Waals surface area contributed by atoms with Crippen LogP contribution in [-0.2, 0) is 4.74 Å². The Kier molecular flexibility index (Phi) is 2.90. The Morgan fingerprint density at radius 2 is 2.00 bits per heavy atom. The van der Waals surface area contributed by atoms with Crippen molar-refractivity contribution in [3.63, 3.8) is 0 Å². The van der Waals surface area contributed by atoms with Crippen LogP contribution in [0.5, 0.6) is 0 Å². The molecule has 2 nitrogen and oxygen atoms in total. The van der Waals surface area contributed by atoms with Gasteiger partial charge in [0.15, 0.2) is 0 Å². The second kappa shape index (κ2) is 3.55. The van der Waals surface area contributed by atoms with E-state index in [0.717, 1.165) is 25.7 Å². The zero-order valence-corrected chi connectivity index (χ0v) is 7.47. The van der Waals surface area contributed by atoms with E-state index in [9.17, 15) is 0 Å². The smallest absolute Gasteiger partial charge is 0.0571 e. The zero-order valence-electron chi connectivity index (χ0n) is 7.47. The predicted octanol–water partition coefficient (Wildman–Crippen LogP) is 1.57. The van der Waals surface area contributed by atoms with Gasteiger partial charge in [-0.05, 0) is 31.1 Å². The van der Waals surface area contributed by atoms with Gasteiger partial charge in [0.05, 0.1) is 6.10 Å². The van der Waals surface area contributed by atoms with Gasteiger partial charge < -0.3 is 9.84 Å². The van der Waals surface area contributed by atoms with Crippen molar-refractivity contribution in [3.05, 3.63) is 0 Å². The Bertz CT molecular complexity index is 115. The Morgan fingerprint density at radius 3 is 2.36 bits per heavy atom. The van der Waals surface area contributed by atoms with Crippen molar-refractivity contribution in [1.82, 2.24) is 0 Å². The van der Waals surface area contributed by atoms with Gasteiger partial charge in [0.2, 0.25) is 0 Å². The Labute approximate surface area is 68.6 Å². The molecule has 0 heterocycles. The molecule has 0 radical (unpaired) electrons. The molecule has 0 amide bonds. The maximum Gasteiger partial charge on any atom is 0.0571 e. The lowest BCUT2D eigenvalue weighted by atomic mass is 9.75. The first-order valence-corrected chi connectivity index (χ1v) is 4.34. The van der Waals surface area contributed by atoms with E-state index in [1.807, 2.05) is 0 Å². The number of hydrogen-bond donors (Lipinski definition) is 1. The van der Waals surface area contributed by atoms with Gasteiger partial charge in [-0.3, -0.25) is 0 Å². The molecule has 1 saturated carbocycles. The molecular weight excluding hydrogens is 140 g/mol. The summed E-state index contributed by atoms with van der Waals surface area (Å²) in [6.07, 6.45) is 4.85. The Hall–Kier alpha value is -0.0800. The van der Waals surface area contributed by atoms with Gasteiger partial charge in [0.1, 0.15) is 0 Å². The fourth-order valence-electron chi connectivity index (χ4n) is 1.68. The molecule has 0 saturated heterocycles. The molecule has 0 aliphatic heterocycles. The fourth-order valence-corrected chi connectivity index (χ4v) is 1.68. The number of methoxy groups -OCH3 is 1. The SMILES string of the molecule is COC1CCC(C)(CO)CC1. The monoisotopic (exact) mass is 158 g/mol. The topological polar surface area (TPSA) is 29.5 Å². The highest BCUT2D eigenvalue weighted by molar-refractivity contribution is 4.81. The molecule has 0 spiro atoms. The number of rotatable bonds is 2. The van der Waals surface area contributed by atoms with Gasteiger partial charge in [0, 0.05) is 13.7 Å². The summed E-state index contributed by atoms with van der Waals surface area (Å²) in [4.78, 5) is 0. The summed E-state index contributed by atoms with van der Waals surface area (Å²) in [5.74, 6) is 0. The quantitative estimate of drug-likeness (QED) is 0.661. The van der Waals surface area contributed by atoms with E-state index < -0.39 is 0 Å². The molecule has 66 valence electrons. The zero-order chi connectivity index (χ0) is 8.32. The van der Waals surface area contributed by atoms with E-state index in [1.165, 1.54) is 0 Å². The van der Waals surface area contributed by atoms with Crippen LogP contribution in [0.15, 0.2) is 0 Å². The summed E-state index contributed by atoms with van der Waals surface area (Å²) in [5.41, 5.74) is 0.176. The summed E-state index contributed by atoms with van der Waals surface area (Å²) in [6.45, 7) is 2.47. The van der Waals surface area contributed by atoms with Crippen LogP contribution in [0.25, 0.3) is 0 Å². The van der Waals surface area contributed by atoms with Crippen molar-refractivity contribution >= 4 is 0 Å². The van der Waals surface area contributed by atoms with Crippen molar-refractivity contribution in [2.75, 3.05) is 13.7 Å². The van der Waals surface area contributed by atoms with E-state index in [2.05, 4.69) is 6.92 Å². The van der Waals surface area contributed by atoms with E-state index in [-0.39, 0.29) is 5.41 Å². The first kappa shape index (κ1) is 9.01. The standard InChI is InChI=1S/C9H18O2/c1-9(7-10)5-3-8(11-2)4-6-9/h8,10H,3-7H2,1-2H3. The molecule has 0 aromatic heterocycles. The molecule has 0 aromatic carbocycles. The summed E-state index contributed by atoms with van der Waals surface area (Å²) >= 11 is 0. The van der Waals surface area contributed by atoms with Crippen LogP contribution in [0.4, 0.5) is 0 Å². The van der Waals surface area contributed by atoms with Gasteiger partial charge in [0.25, 0.3) is 0 Å². The first-order valence-electron chi connectivity index (χ1n) is 4.34. The van der Waals surface area contributed by atoms with Crippen molar-refractivity contribution in [2.24, 2.45) is 5.41 Å².